The van der Waals surface area contributed by atoms with Crippen molar-refractivity contribution < 1.29 is 9.21 Å². The van der Waals surface area contributed by atoms with E-state index in [1.54, 1.807) is 17.4 Å². The molecular weight excluding hydrogens is 248 g/mol. The molecule has 1 aromatic carbocycles. The summed E-state index contributed by atoms with van der Waals surface area (Å²) >= 11 is 1.61. The second-order valence-corrected chi connectivity index (χ2v) is 5.12. The van der Waals surface area contributed by atoms with Gasteiger partial charge in [0.05, 0.1) is 27.1 Å². The zero-order valence-electron chi connectivity index (χ0n) is 9.64. The minimum absolute atomic E-state index is 0.177. The smallest absolute Gasteiger partial charge is 0.258 e. The average Bonchev–Trinajstić information content (AvgIpc) is 2.95. The van der Waals surface area contributed by atoms with Crippen molar-refractivity contribution in [1.29, 1.82) is 0 Å². The number of hydrogen-bond donors (Lipinski definition) is 1. The molecule has 1 N–H and O–H groups in total. The van der Waals surface area contributed by atoms with Gasteiger partial charge in [0.1, 0.15) is 6.26 Å². The SMILES string of the molecule is Cc1nc2ccc(NC(=O)c3ccoc3)cc2s1. The van der Waals surface area contributed by atoms with Gasteiger partial charge in [0.25, 0.3) is 5.91 Å². The molecule has 0 radical (unpaired) electrons. The summed E-state index contributed by atoms with van der Waals surface area (Å²) in [5, 5.41) is 3.84. The number of furan rings is 1. The molecule has 0 saturated heterocycles. The first-order valence-electron chi connectivity index (χ1n) is 5.43. The van der Waals surface area contributed by atoms with E-state index in [-0.39, 0.29) is 5.91 Å². The normalized spacial score (nSPS) is 10.7. The molecule has 2 heterocycles. The highest BCUT2D eigenvalue weighted by atomic mass is 32.1. The standard InChI is InChI=1S/C13H10N2O2S/c1-8-14-11-3-2-10(6-12(11)18-8)15-13(16)9-4-5-17-7-9/h2-7H,1H3,(H,15,16). The van der Waals surface area contributed by atoms with Crippen LogP contribution in [-0.4, -0.2) is 10.9 Å². The number of hydrogen-bond acceptors (Lipinski definition) is 4. The van der Waals surface area contributed by atoms with Gasteiger partial charge >= 0.3 is 0 Å². The lowest BCUT2D eigenvalue weighted by molar-refractivity contribution is 0.102. The summed E-state index contributed by atoms with van der Waals surface area (Å²) in [5.41, 5.74) is 2.23. The van der Waals surface area contributed by atoms with E-state index in [9.17, 15) is 4.79 Å². The number of thiazole rings is 1. The van der Waals surface area contributed by atoms with Gasteiger partial charge in [-0.15, -0.1) is 11.3 Å². The summed E-state index contributed by atoms with van der Waals surface area (Å²) in [6, 6.07) is 7.31. The van der Waals surface area contributed by atoms with Crippen molar-refractivity contribution in [3.8, 4) is 0 Å². The third-order valence-electron chi connectivity index (χ3n) is 2.54. The molecule has 0 bridgehead atoms. The number of anilines is 1. The predicted molar refractivity (Wildman–Crippen MR) is 71.0 cm³/mol. The summed E-state index contributed by atoms with van der Waals surface area (Å²) in [5.74, 6) is -0.177. The van der Waals surface area contributed by atoms with Crippen LogP contribution >= 0.6 is 11.3 Å². The van der Waals surface area contributed by atoms with Crippen molar-refractivity contribution in [3.05, 3.63) is 47.4 Å². The van der Waals surface area contributed by atoms with Crippen LogP contribution in [0.15, 0.2) is 41.2 Å². The fraction of sp³-hybridized carbons (Fsp3) is 0.0769. The highest BCUT2D eigenvalue weighted by molar-refractivity contribution is 7.18. The fourth-order valence-electron chi connectivity index (χ4n) is 1.71. The Labute approximate surface area is 107 Å². The molecule has 4 nitrogen and oxygen atoms in total. The van der Waals surface area contributed by atoms with Crippen LogP contribution in [0.25, 0.3) is 10.2 Å². The molecule has 0 unspecified atom stereocenters. The topological polar surface area (TPSA) is 55.1 Å². The van der Waals surface area contributed by atoms with Crippen molar-refractivity contribution in [1.82, 2.24) is 4.98 Å². The van der Waals surface area contributed by atoms with E-state index in [0.717, 1.165) is 20.9 Å². The first-order valence-corrected chi connectivity index (χ1v) is 6.25. The van der Waals surface area contributed by atoms with Crippen LogP contribution in [0.3, 0.4) is 0 Å². The van der Waals surface area contributed by atoms with E-state index in [0.29, 0.717) is 5.56 Å². The number of carbonyl (C=O) groups is 1. The van der Waals surface area contributed by atoms with Gasteiger partial charge in [0.2, 0.25) is 0 Å². The monoisotopic (exact) mass is 258 g/mol. The molecule has 3 aromatic rings. The van der Waals surface area contributed by atoms with Crippen LogP contribution in [0.1, 0.15) is 15.4 Å². The number of aromatic nitrogens is 1. The number of aryl methyl sites for hydroxylation is 1. The van der Waals surface area contributed by atoms with E-state index in [1.165, 1.54) is 12.5 Å². The largest absolute Gasteiger partial charge is 0.472 e. The molecule has 0 atom stereocenters. The Balaban J connectivity index is 1.88. The summed E-state index contributed by atoms with van der Waals surface area (Å²) in [7, 11) is 0. The number of benzene rings is 1. The first-order chi connectivity index (χ1) is 8.72. The van der Waals surface area contributed by atoms with Gasteiger partial charge in [-0.3, -0.25) is 4.79 Å². The summed E-state index contributed by atoms with van der Waals surface area (Å²) in [6.07, 6.45) is 2.90. The first kappa shape index (κ1) is 11.0. The van der Waals surface area contributed by atoms with Crippen molar-refractivity contribution in [2.45, 2.75) is 6.92 Å². The number of amides is 1. The fourth-order valence-corrected chi connectivity index (χ4v) is 2.58. The number of nitrogens with one attached hydrogen (secondary N) is 1. The molecule has 18 heavy (non-hydrogen) atoms. The van der Waals surface area contributed by atoms with Gasteiger partial charge < -0.3 is 9.73 Å². The van der Waals surface area contributed by atoms with Crippen LogP contribution in [0.2, 0.25) is 0 Å². The van der Waals surface area contributed by atoms with E-state index in [4.69, 9.17) is 4.42 Å². The molecule has 3 rings (SSSR count). The van der Waals surface area contributed by atoms with Gasteiger partial charge in [0.15, 0.2) is 0 Å². The second-order valence-electron chi connectivity index (χ2n) is 3.88. The summed E-state index contributed by atoms with van der Waals surface area (Å²) in [4.78, 5) is 16.2. The molecule has 5 heteroatoms. The Morgan fingerprint density at radius 3 is 3.06 bits per heavy atom. The van der Waals surface area contributed by atoms with E-state index < -0.39 is 0 Å². The van der Waals surface area contributed by atoms with Gasteiger partial charge in [-0.05, 0) is 31.2 Å². The lowest BCUT2D eigenvalue weighted by atomic mass is 10.2. The number of fused-ring (bicyclic) bond motifs is 1. The van der Waals surface area contributed by atoms with Gasteiger partial charge in [-0.25, -0.2) is 4.98 Å². The summed E-state index contributed by atoms with van der Waals surface area (Å²) < 4.78 is 5.95. The number of nitrogens with zero attached hydrogens (tertiary/aromatic N) is 1. The maximum Gasteiger partial charge on any atom is 0.258 e. The van der Waals surface area contributed by atoms with Crippen molar-refractivity contribution in [3.63, 3.8) is 0 Å². The van der Waals surface area contributed by atoms with E-state index in [1.807, 2.05) is 25.1 Å². The molecule has 1 amide bonds. The molecule has 90 valence electrons. The van der Waals surface area contributed by atoms with Crippen molar-refractivity contribution in [2.24, 2.45) is 0 Å². The van der Waals surface area contributed by atoms with Crippen molar-refractivity contribution >= 4 is 33.1 Å². The third-order valence-corrected chi connectivity index (χ3v) is 3.47. The minimum Gasteiger partial charge on any atom is -0.472 e. The Bertz CT molecular complexity index is 701. The van der Waals surface area contributed by atoms with Gasteiger partial charge in [0, 0.05) is 5.69 Å². The van der Waals surface area contributed by atoms with Crippen molar-refractivity contribution in [2.75, 3.05) is 5.32 Å². The molecule has 0 aliphatic heterocycles. The molecule has 2 aromatic heterocycles. The quantitative estimate of drug-likeness (QED) is 0.766. The zero-order chi connectivity index (χ0) is 12.5. The Kier molecular flexibility index (Phi) is 2.60. The maximum atomic E-state index is 11.8. The van der Waals surface area contributed by atoms with Gasteiger partial charge in [-0.1, -0.05) is 0 Å². The third kappa shape index (κ3) is 2.00. The molecule has 0 spiro atoms. The number of carbonyl (C=O) groups excluding carboxylic acids is 1. The zero-order valence-corrected chi connectivity index (χ0v) is 10.5. The van der Waals surface area contributed by atoms with Crippen LogP contribution < -0.4 is 5.32 Å². The number of rotatable bonds is 2. The second kappa shape index (κ2) is 4.27. The predicted octanol–water partition coefficient (Wildman–Crippen LogP) is 3.45. The summed E-state index contributed by atoms with van der Waals surface area (Å²) in [6.45, 7) is 1.97. The molecule has 0 saturated carbocycles. The van der Waals surface area contributed by atoms with Gasteiger partial charge in [-0.2, -0.15) is 0 Å². The highest BCUT2D eigenvalue weighted by Crippen LogP contribution is 2.25. The van der Waals surface area contributed by atoms with Crippen LogP contribution in [0, 0.1) is 6.92 Å². The molecule has 0 aliphatic rings. The van der Waals surface area contributed by atoms with E-state index in [2.05, 4.69) is 10.3 Å². The molecular formula is C13H10N2O2S. The van der Waals surface area contributed by atoms with Crippen LogP contribution in [0.4, 0.5) is 5.69 Å². The molecule has 0 aliphatic carbocycles. The van der Waals surface area contributed by atoms with Crippen LogP contribution in [0.5, 0.6) is 0 Å². The Hall–Kier alpha value is -2.14. The maximum absolute atomic E-state index is 11.8. The average molecular weight is 258 g/mol. The highest BCUT2D eigenvalue weighted by Gasteiger charge is 2.08. The molecule has 0 fully saturated rings. The Morgan fingerprint density at radius 1 is 1.39 bits per heavy atom. The lowest BCUT2D eigenvalue weighted by Gasteiger charge is -2.02. The van der Waals surface area contributed by atoms with E-state index >= 15 is 0 Å². The van der Waals surface area contributed by atoms with Crippen LogP contribution in [-0.2, 0) is 0 Å². The Morgan fingerprint density at radius 2 is 2.28 bits per heavy atom. The lowest BCUT2D eigenvalue weighted by Crippen LogP contribution is -2.10. The minimum atomic E-state index is -0.177.